The second-order valence-electron chi connectivity index (χ2n) is 2.32. The Hall–Kier alpha value is -0.810. The predicted octanol–water partition coefficient (Wildman–Crippen LogP) is 1.42. The van der Waals surface area contributed by atoms with Crippen molar-refractivity contribution in [3.05, 3.63) is 17.1 Å². The Morgan fingerprint density at radius 1 is 1.67 bits per heavy atom. The van der Waals surface area contributed by atoms with E-state index in [-0.39, 0.29) is 6.04 Å². The quantitative estimate of drug-likeness (QED) is 0.771. The topological polar surface area (TPSA) is 64.9 Å². The summed E-state index contributed by atoms with van der Waals surface area (Å²) in [5, 5.41) is 5.57. The van der Waals surface area contributed by atoms with E-state index >= 15 is 0 Å². The fraction of sp³-hybridized carbons (Fsp3) is 0.429. The summed E-state index contributed by atoms with van der Waals surface area (Å²) in [4.78, 5) is 4.04. The fourth-order valence-electron chi connectivity index (χ4n) is 0.626. The highest BCUT2D eigenvalue weighted by molar-refractivity contribution is 8.01. The zero-order chi connectivity index (χ0) is 8.97. The molecule has 1 aromatic rings. The Morgan fingerprint density at radius 3 is 2.92 bits per heavy atom. The van der Waals surface area contributed by atoms with Gasteiger partial charge in [0.1, 0.15) is 0 Å². The first kappa shape index (κ1) is 9.28. The van der Waals surface area contributed by atoms with Gasteiger partial charge in [-0.25, -0.2) is 0 Å². The van der Waals surface area contributed by atoms with Crippen molar-refractivity contribution in [2.24, 2.45) is 5.73 Å². The van der Waals surface area contributed by atoms with Gasteiger partial charge in [0.25, 0.3) is 5.89 Å². The zero-order valence-corrected chi connectivity index (χ0v) is 7.84. The molecule has 0 aliphatic heterocycles. The van der Waals surface area contributed by atoms with Crippen LogP contribution in [0.25, 0.3) is 6.08 Å². The highest BCUT2D eigenvalue weighted by atomic mass is 32.2. The number of rotatable bonds is 3. The highest BCUT2D eigenvalue weighted by Crippen LogP contribution is 2.07. The number of hydrogen-bond donors (Lipinski definition) is 1. The molecule has 66 valence electrons. The van der Waals surface area contributed by atoms with Crippen LogP contribution in [-0.4, -0.2) is 16.4 Å². The molecule has 0 saturated heterocycles. The van der Waals surface area contributed by atoms with Crippen molar-refractivity contribution in [2.75, 3.05) is 6.26 Å². The summed E-state index contributed by atoms with van der Waals surface area (Å²) in [7, 11) is 0. The largest absolute Gasteiger partial charge is 0.335 e. The first-order valence-electron chi connectivity index (χ1n) is 3.52. The molecule has 1 heterocycles. The zero-order valence-electron chi connectivity index (χ0n) is 7.02. The normalized spacial score (nSPS) is 13.9. The van der Waals surface area contributed by atoms with Crippen LogP contribution in [0.4, 0.5) is 0 Å². The van der Waals surface area contributed by atoms with E-state index in [0.29, 0.717) is 11.7 Å². The average molecular weight is 185 g/mol. The van der Waals surface area contributed by atoms with Gasteiger partial charge in [0, 0.05) is 6.08 Å². The molecule has 0 amide bonds. The van der Waals surface area contributed by atoms with Crippen molar-refractivity contribution in [2.45, 2.75) is 13.0 Å². The lowest BCUT2D eigenvalue weighted by Gasteiger charge is -1.92. The summed E-state index contributed by atoms with van der Waals surface area (Å²) in [6.45, 7) is 1.81. The monoisotopic (exact) mass is 185 g/mol. The summed E-state index contributed by atoms with van der Waals surface area (Å²) >= 11 is 1.57. The molecule has 5 heteroatoms. The van der Waals surface area contributed by atoms with Gasteiger partial charge >= 0.3 is 0 Å². The minimum atomic E-state index is -0.176. The van der Waals surface area contributed by atoms with Crippen LogP contribution in [-0.2, 0) is 0 Å². The molecular formula is C7H11N3OS. The third kappa shape index (κ3) is 2.35. The Bertz CT molecular complexity index is 269. The molecule has 0 radical (unpaired) electrons. The van der Waals surface area contributed by atoms with Crippen molar-refractivity contribution >= 4 is 17.8 Å². The van der Waals surface area contributed by atoms with E-state index in [1.807, 2.05) is 18.6 Å². The highest BCUT2D eigenvalue weighted by Gasteiger charge is 2.06. The average Bonchev–Trinajstić information content (AvgIpc) is 2.48. The number of aromatic nitrogens is 2. The molecule has 1 unspecified atom stereocenters. The maximum absolute atomic E-state index is 5.54. The van der Waals surface area contributed by atoms with Crippen LogP contribution in [0.2, 0.25) is 0 Å². The van der Waals surface area contributed by atoms with Gasteiger partial charge in [-0.15, -0.1) is 11.8 Å². The first-order valence-corrected chi connectivity index (χ1v) is 4.81. The summed E-state index contributed by atoms with van der Waals surface area (Å²) in [5.74, 6) is 1.03. The van der Waals surface area contributed by atoms with Gasteiger partial charge in [0.05, 0.1) is 6.04 Å². The second-order valence-corrected chi connectivity index (χ2v) is 3.06. The molecule has 2 N–H and O–H groups in total. The maximum atomic E-state index is 5.54. The van der Waals surface area contributed by atoms with Gasteiger partial charge in [0.15, 0.2) is 5.82 Å². The number of nitrogens with zero attached hydrogens (tertiary/aromatic N) is 2. The van der Waals surface area contributed by atoms with Gasteiger partial charge in [-0.3, -0.25) is 0 Å². The summed E-state index contributed by atoms with van der Waals surface area (Å²) in [6, 6.07) is -0.176. The van der Waals surface area contributed by atoms with Crippen LogP contribution < -0.4 is 5.73 Å². The Kier molecular flexibility index (Phi) is 3.31. The lowest BCUT2D eigenvalue weighted by Crippen LogP contribution is -2.06. The van der Waals surface area contributed by atoms with E-state index < -0.39 is 0 Å². The molecule has 0 aliphatic carbocycles. The van der Waals surface area contributed by atoms with Gasteiger partial charge in [-0.05, 0) is 18.6 Å². The Morgan fingerprint density at radius 2 is 2.42 bits per heavy atom. The van der Waals surface area contributed by atoms with Crippen molar-refractivity contribution < 1.29 is 4.52 Å². The van der Waals surface area contributed by atoms with Crippen LogP contribution in [0.1, 0.15) is 24.7 Å². The number of nitrogens with two attached hydrogens (primary N) is 1. The Labute approximate surface area is 75.2 Å². The standard InChI is InChI=1S/C7H11N3OS/c1-5(8)7-9-6(11-10-7)3-4-12-2/h3-5H,8H2,1-2H3/b4-3+. The summed E-state index contributed by atoms with van der Waals surface area (Å²) < 4.78 is 4.89. The van der Waals surface area contributed by atoms with E-state index in [9.17, 15) is 0 Å². The molecular weight excluding hydrogens is 174 g/mol. The van der Waals surface area contributed by atoms with E-state index in [1.165, 1.54) is 0 Å². The summed E-state index contributed by atoms with van der Waals surface area (Å²) in [5.41, 5.74) is 5.54. The smallest absolute Gasteiger partial charge is 0.251 e. The van der Waals surface area contributed by atoms with Crippen LogP contribution in [0.5, 0.6) is 0 Å². The fourth-order valence-corrected chi connectivity index (χ4v) is 0.879. The summed E-state index contributed by atoms with van der Waals surface area (Å²) in [6.07, 6.45) is 3.71. The van der Waals surface area contributed by atoms with Gasteiger partial charge < -0.3 is 10.3 Å². The molecule has 1 rings (SSSR count). The van der Waals surface area contributed by atoms with E-state index in [4.69, 9.17) is 10.3 Å². The number of hydrogen-bond acceptors (Lipinski definition) is 5. The molecule has 12 heavy (non-hydrogen) atoms. The molecule has 0 aromatic carbocycles. The van der Waals surface area contributed by atoms with Crippen molar-refractivity contribution in [3.8, 4) is 0 Å². The van der Waals surface area contributed by atoms with E-state index in [2.05, 4.69) is 10.1 Å². The Balaban J connectivity index is 2.70. The van der Waals surface area contributed by atoms with Gasteiger partial charge in [-0.2, -0.15) is 4.98 Å². The molecule has 0 aliphatic rings. The maximum Gasteiger partial charge on any atom is 0.251 e. The first-order chi connectivity index (χ1) is 5.74. The van der Waals surface area contributed by atoms with E-state index in [1.54, 1.807) is 17.8 Å². The van der Waals surface area contributed by atoms with Crippen LogP contribution in [0.15, 0.2) is 9.93 Å². The van der Waals surface area contributed by atoms with Crippen molar-refractivity contribution in [1.29, 1.82) is 0 Å². The second kappa shape index (κ2) is 4.27. The molecule has 1 aromatic heterocycles. The molecule has 0 bridgehead atoms. The minimum Gasteiger partial charge on any atom is -0.335 e. The SMILES string of the molecule is CS/C=C/c1nc(C(C)N)no1. The molecule has 0 fully saturated rings. The molecule has 0 spiro atoms. The van der Waals surface area contributed by atoms with Gasteiger partial charge in [0.2, 0.25) is 0 Å². The van der Waals surface area contributed by atoms with E-state index in [0.717, 1.165) is 0 Å². The minimum absolute atomic E-state index is 0.176. The van der Waals surface area contributed by atoms with Crippen molar-refractivity contribution in [1.82, 2.24) is 10.1 Å². The van der Waals surface area contributed by atoms with Crippen LogP contribution in [0.3, 0.4) is 0 Å². The van der Waals surface area contributed by atoms with Crippen LogP contribution >= 0.6 is 11.8 Å². The third-order valence-corrected chi connectivity index (χ3v) is 1.62. The lowest BCUT2D eigenvalue weighted by atomic mass is 10.3. The molecule has 0 saturated carbocycles. The predicted molar refractivity (Wildman–Crippen MR) is 49.4 cm³/mol. The third-order valence-electron chi connectivity index (χ3n) is 1.21. The molecule has 4 nitrogen and oxygen atoms in total. The van der Waals surface area contributed by atoms with Crippen LogP contribution in [0, 0.1) is 0 Å². The van der Waals surface area contributed by atoms with Crippen molar-refractivity contribution in [3.63, 3.8) is 0 Å². The lowest BCUT2D eigenvalue weighted by molar-refractivity contribution is 0.399. The molecule has 1 atom stereocenters. The van der Waals surface area contributed by atoms with Gasteiger partial charge in [-0.1, -0.05) is 5.16 Å². The number of thioether (sulfide) groups is 1.